The summed E-state index contributed by atoms with van der Waals surface area (Å²) in [5, 5.41) is 20.7. The van der Waals surface area contributed by atoms with Gasteiger partial charge in [-0.25, -0.2) is 0 Å². The Balaban J connectivity index is 1.70. The number of carbonyl (C=O) groups is 2. The van der Waals surface area contributed by atoms with Gasteiger partial charge < -0.3 is 14.8 Å². The summed E-state index contributed by atoms with van der Waals surface area (Å²) in [6.45, 7) is 10.7. The van der Waals surface area contributed by atoms with Gasteiger partial charge in [-0.15, -0.1) is 10.2 Å². The number of benzene rings is 2. The number of carbonyl (C=O) groups excluding carboxylic acids is 1. The Hall–Kier alpha value is -3.48. The fraction of sp³-hybridized carbons (Fsp3) is 0.407. The Morgan fingerprint density at radius 3 is 2.18 bits per heavy atom. The standard InChI is InChI=1S/C27H33N3O4/c1-17(2)24(28-21-15-11-18(12-16-21)22(31)7-6-8-23(32)33)26-30-29-25(34-26)19-9-13-20(14-10-19)27(3,4)5/h9-17,24,28H,6-8H2,1-5H3,(H,32,33)/t24-/m0/s1. The van der Waals surface area contributed by atoms with Crippen LogP contribution in [0.5, 0.6) is 0 Å². The van der Waals surface area contributed by atoms with E-state index in [1.54, 1.807) is 12.1 Å². The number of anilines is 1. The molecule has 0 unspecified atom stereocenters. The number of nitrogens with zero attached hydrogens (tertiary/aromatic N) is 2. The quantitative estimate of drug-likeness (QED) is 0.341. The van der Waals surface area contributed by atoms with Gasteiger partial charge in [0.05, 0.1) is 0 Å². The predicted octanol–water partition coefficient (Wildman–Crippen LogP) is 6.28. The third-order valence-electron chi connectivity index (χ3n) is 5.69. The summed E-state index contributed by atoms with van der Waals surface area (Å²) < 4.78 is 6.03. The first-order valence-electron chi connectivity index (χ1n) is 11.6. The van der Waals surface area contributed by atoms with E-state index in [0.29, 0.717) is 23.8 Å². The van der Waals surface area contributed by atoms with Crippen molar-refractivity contribution < 1.29 is 19.1 Å². The third-order valence-corrected chi connectivity index (χ3v) is 5.69. The first-order valence-corrected chi connectivity index (χ1v) is 11.6. The molecule has 7 heteroatoms. The Morgan fingerprint density at radius 1 is 0.971 bits per heavy atom. The third kappa shape index (κ3) is 6.53. The average Bonchev–Trinajstić information content (AvgIpc) is 3.26. The van der Waals surface area contributed by atoms with Crippen LogP contribution in [0.15, 0.2) is 52.9 Å². The number of hydrogen-bond donors (Lipinski definition) is 2. The molecule has 0 saturated carbocycles. The molecule has 7 nitrogen and oxygen atoms in total. The average molecular weight is 464 g/mol. The highest BCUT2D eigenvalue weighted by Gasteiger charge is 2.23. The van der Waals surface area contributed by atoms with Crippen molar-refractivity contribution >= 4 is 17.4 Å². The summed E-state index contributed by atoms with van der Waals surface area (Å²) in [4.78, 5) is 22.9. The number of carboxylic acids is 1. The van der Waals surface area contributed by atoms with E-state index < -0.39 is 5.97 Å². The van der Waals surface area contributed by atoms with E-state index in [9.17, 15) is 9.59 Å². The summed E-state index contributed by atoms with van der Waals surface area (Å²) in [5.74, 6) is 0.197. The first kappa shape index (κ1) is 25.1. The summed E-state index contributed by atoms with van der Waals surface area (Å²) >= 11 is 0. The van der Waals surface area contributed by atoms with Gasteiger partial charge in [-0.2, -0.15) is 0 Å². The zero-order chi connectivity index (χ0) is 24.9. The molecule has 0 fully saturated rings. The molecule has 0 aliphatic rings. The van der Waals surface area contributed by atoms with Gasteiger partial charge in [0.25, 0.3) is 0 Å². The lowest BCUT2D eigenvalue weighted by atomic mass is 9.87. The second-order valence-corrected chi connectivity index (χ2v) is 9.89. The van der Waals surface area contributed by atoms with Crippen molar-refractivity contribution in [2.24, 2.45) is 5.92 Å². The normalized spacial score (nSPS) is 12.5. The second-order valence-electron chi connectivity index (χ2n) is 9.89. The molecule has 0 aliphatic carbocycles. The van der Waals surface area contributed by atoms with Gasteiger partial charge in [-0.05, 0) is 59.7 Å². The molecule has 0 radical (unpaired) electrons. The van der Waals surface area contributed by atoms with Crippen molar-refractivity contribution in [3.63, 3.8) is 0 Å². The van der Waals surface area contributed by atoms with E-state index >= 15 is 0 Å². The van der Waals surface area contributed by atoms with Gasteiger partial charge in [0.1, 0.15) is 6.04 Å². The molecule has 1 atom stereocenters. The summed E-state index contributed by atoms with van der Waals surface area (Å²) in [7, 11) is 0. The largest absolute Gasteiger partial charge is 0.481 e. The first-order chi connectivity index (χ1) is 16.0. The molecular weight excluding hydrogens is 430 g/mol. The molecule has 3 rings (SSSR count). The van der Waals surface area contributed by atoms with Crippen LogP contribution in [0, 0.1) is 5.92 Å². The SMILES string of the molecule is CC(C)[C@H](Nc1ccc(C(=O)CCCC(=O)O)cc1)c1nnc(-c2ccc(C(C)(C)C)cc2)o1. The number of aliphatic carboxylic acids is 1. The number of ketones is 1. The summed E-state index contributed by atoms with van der Waals surface area (Å²) in [6, 6.07) is 15.1. The highest BCUT2D eigenvalue weighted by atomic mass is 16.4. The second kappa shape index (κ2) is 10.6. The van der Waals surface area contributed by atoms with E-state index in [1.807, 2.05) is 24.3 Å². The lowest BCUT2D eigenvalue weighted by Crippen LogP contribution is -2.17. The zero-order valence-electron chi connectivity index (χ0n) is 20.5. The van der Waals surface area contributed by atoms with Crippen LogP contribution in [0.25, 0.3) is 11.5 Å². The van der Waals surface area contributed by atoms with Crippen LogP contribution in [0.1, 0.15) is 81.7 Å². The van der Waals surface area contributed by atoms with E-state index in [2.05, 4.69) is 62.3 Å². The Labute approximate surface area is 200 Å². The van der Waals surface area contributed by atoms with Crippen LogP contribution in [-0.2, 0) is 10.2 Å². The molecule has 180 valence electrons. The molecule has 34 heavy (non-hydrogen) atoms. The van der Waals surface area contributed by atoms with Gasteiger partial charge in [0.15, 0.2) is 5.78 Å². The van der Waals surface area contributed by atoms with E-state index in [-0.39, 0.29) is 36.0 Å². The molecule has 0 amide bonds. The lowest BCUT2D eigenvalue weighted by molar-refractivity contribution is -0.137. The number of Topliss-reactive ketones (excluding diaryl/α,β-unsaturated/α-hetero) is 1. The van der Waals surface area contributed by atoms with Crippen LogP contribution < -0.4 is 5.32 Å². The smallest absolute Gasteiger partial charge is 0.303 e. The molecule has 1 aromatic heterocycles. The van der Waals surface area contributed by atoms with Crippen LogP contribution in [0.4, 0.5) is 5.69 Å². The number of rotatable bonds is 10. The fourth-order valence-corrected chi connectivity index (χ4v) is 3.58. The van der Waals surface area contributed by atoms with Crippen LogP contribution in [-0.4, -0.2) is 27.1 Å². The number of aromatic nitrogens is 2. The predicted molar refractivity (Wildman–Crippen MR) is 132 cm³/mol. The number of nitrogens with one attached hydrogen (secondary N) is 1. The van der Waals surface area contributed by atoms with Crippen molar-refractivity contribution in [1.82, 2.24) is 10.2 Å². The molecule has 2 aromatic carbocycles. The molecule has 1 heterocycles. The molecule has 0 aliphatic heterocycles. The molecule has 2 N–H and O–H groups in total. The minimum atomic E-state index is -0.891. The fourth-order valence-electron chi connectivity index (χ4n) is 3.58. The van der Waals surface area contributed by atoms with E-state index in [4.69, 9.17) is 9.52 Å². The van der Waals surface area contributed by atoms with Gasteiger partial charge in [0.2, 0.25) is 11.8 Å². The maximum absolute atomic E-state index is 12.3. The van der Waals surface area contributed by atoms with Crippen molar-refractivity contribution in [3.8, 4) is 11.5 Å². The van der Waals surface area contributed by atoms with Gasteiger partial charge in [0, 0.05) is 29.7 Å². The highest BCUT2D eigenvalue weighted by Crippen LogP contribution is 2.30. The minimum Gasteiger partial charge on any atom is -0.481 e. The monoisotopic (exact) mass is 463 g/mol. The molecule has 3 aromatic rings. The highest BCUT2D eigenvalue weighted by molar-refractivity contribution is 5.96. The van der Waals surface area contributed by atoms with Crippen molar-refractivity contribution in [2.45, 2.75) is 65.3 Å². The van der Waals surface area contributed by atoms with Crippen molar-refractivity contribution in [2.75, 3.05) is 5.32 Å². The molecule has 0 saturated heterocycles. The van der Waals surface area contributed by atoms with E-state index in [1.165, 1.54) is 5.56 Å². The minimum absolute atomic E-state index is 0.00560. The Kier molecular flexibility index (Phi) is 7.87. The summed E-state index contributed by atoms with van der Waals surface area (Å²) in [6.07, 6.45) is 0.547. The van der Waals surface area contributed by atoms with Gasteiger partial charge in [-0.3, -0.25) is 9.59 Å². The number of hydrogen-bond acceptors (Lipinski definition) is 6. The Morgan fingerprint density at radius 2 is 1.62 bits per heavy atom. The number of carboxylic acid groups (broad SMARTS) is 1. The van der Waals surface area contributed by atoms with Crippen LogP contribution in [0.3, 0.4) is 0 Å². The topological polar surface area (TPSA) is 105 Å². The molecule has 0 spiro atoms. The maximum Gasteiger partial charge on any atom is 0.303 e. The summed E-state index contributed by atoms with van der Waals surface area (Å²) in [5.41, 5.74) is 3.58. The van der Waals surface area contributed by atoms with E-state index in [0.717, 1.165) is 11.3 Å². The molecule has 0 bridgehead atoms. The van der Waals surface area contributed by atoms with Crippen LogP contribution >= 0.6 is 0 Å². The van der Waals surface area contributed by atoms with Crippen molar-refractivity contribution in [3.05, 3.63) is 65.5 Å². The maximum atomic E-state index is 12.3. The van der Waals surface area contributed by atoms with Gasteiger partial charge in [-0.1, -0.05) is 46.8 Å². The molecular formula is C27H33N3O4. The lowest BCUT2D eigenvalue weighted by Gasteiger charge is -2.20. The van der Waals surface area contributed by atoms with Gasteiger partial charge >= 0.3 is 5.97 Å². The van der Waals surface area contributed by atoms with Crippen molar-refractivity contribution in [1.29, 1.82) is 0 Å². The Bertz CT molecular complexity index is 1110. The zero-order valence-corrected chi connectivity index (χ0v) is 20.5. The van der Waals surface area contributed by atoms with Crippen LogP contribution in [0.2, 0.25) is 0 Å².